The summed E-state index contributed by atoms with van der Waals surface area (Å²) in [5.41, 5.74) is -0.398. The first-order chi connectivity index (χ1) is 14.7. The normalized spacial score (nSPS) is 26.5. The number of rotatable bonds is 5. The third-order valence-electron chi connectivity index (χ3n) is 6.52. The molecule has 0 amide bonds. The molecule has 2 fully saturated rings. The molecule has 1 aromatic carbocycles. The van der Waals surface area contributed by atoms with Crippen molar-refractivity contribution in [1.82, 2.24) is 14.9 Å². The maximum atomic E-state index is 12.8. The largest absolute Gasteiger partial charge is 0.481 e. The van der Waals surface area contributed by atoms with E-state index in [-0.39, 0.29) is 17.8 Å². The molecule has 0 spiro atoms. The molecule has 31 heavy (non-hydrogen) atoms. The maximum Gasteiger partial charge on any atom is 0.416 e. The molecule has 3 atom stereocenters. The van der Waals surface area contributed by atoms with E-state index in [2.05, 4.69) is 14.9 Å². The number of ether oxygens (including phenoxy) is 2. The summed E-state index contributed by atoms with van der Waals surface area (Å²) in [6, 6.07) is 5.46. The Hall–Kier alpha value is -2.39. The Labute approximate surface area is 179 Å². The van der Waals surface area contributed by atoms with Gasteiger partial charge in [-0.3, -0.25) is 4.90 Å². The smallest absolute Gasteiger partial charge is 0.416 e. The molecule has 0 bridgehead atoms. The number of methoxy groups -OCH3 is 2. The summed E-state index contributed by atoms with van der Waals surface area (Å²) in [4.78, 5) is 10.6. The molecular weight excluding hydrogens is 411 g/mol. The lowest BCUT2D eigenvalue weighted by Crippen LogP contribution is -2.43. The van der Waals surface area contributed by atoms with Crippen LogP contribution in [0.4, 0.5) is 13.2 Å². The van der Waals surface area contributed by atoms with E-state index in [1.807, 2.05) is 0 Å². The highest BCUT2D eigenvalue weighted by Crippen LogP contribution is 2.50. The zero-order valence-corrected chi connectivity index (χ0v) is 17.5. The number of fused-ring (bicyclic) bond motifs is 1. The quantitative estimate of drug-likeness (QED) is 0.771. The van der Waals surface area contributed by atoms with Crippen LogP contribution in [-0.2, 0) is 18.3 Å². The van der Waals surface area contributed by atoms with Crippen LogP contribution in [0.15, 0.2) is 30.5 Å². The van der Waals surface area contributed by atoms with Gasteiger partial charge in [-0.15, -0.1) is 0 Å². The van der Waals surface area contributed by atoms with Gasteiger partial charge in [0.25, 0.3) is 0 Å². The molecule has 0 unspecified atom stereocenters. The van der Waals surface area contributed by atoms with E-state index in [0.717, 1.165) is 37.1 Å². The Balaban J connectivity index is 1.54. The van der Waals surface area contributed by atoms with Crippen molar-refractivity contribution in [2.24, 2.45) is 11.8 Å². The van der Waals surface area contributed by atoms with Gasteiger partial charge in [0.15, 0.2) is 0 Å². The fourth-order valence-electron chi connectivity index (χ4n) is 5.04. The van der Waals surface area contributed by atoms with Gasteiger partial charge in [0.2, 0.25) is 5.88 Å². The van der Waals surface area contributed by atoms with E-state index in [9.17, 15) is 18.3 Å². The number of benzene rings is 1. The van der Waals surface area contributed by atoms with Crippen molar-refractivity contribution in [3.63, 3.8) is 0 Å². The van der Waals surface area contributed by atoms with Gasteiger partial charge in [-0.2, -0.15) is 18.2 Å². The summed E-state index contributed by atoms with van der Waals surface area (Å²) in [5.74, 6) is 0.540. The molecule has 0 radical (unpaired) electrons. The minimum atomic E-state index is -4.34. The minimum Gasteiger partial charge on any atom is -0.481 e. The number of aliphatic hydroxyl groups is 1. The zero-order valence-electron chi connectivity index (χ0n) is 17.5. The maximum absolute atomic E-state index is 12.8. The Bertz CT molecular complexity index is 922. The van der Waals surface area contributed by atoms with Crippen LogP contribution in [0.1, 0.15) is 36.0 Å². The SMILES string of the molecule is COc1ncc([C@]2(O)CCC[C@@H]3CN(Cc4ccc(C(F)(F)F)cc4)C[C@H]32)c(OC)n1. The molecule has 1 aliphatic heterocycles. The number of aromatic nitrogens is 2. The predicted octanol–water partition coefficient (Wildman–Crippen LogP) is 3.63. The second-order valence-corrected chi connectivity index (χ2v) is 8.35. The summed E-state index contributed by atoms with van der Waals surface area (Å²) in [5, 5.41) is 11.7. The molecule has 1 N–H and O–H groups in total. The average Bonchev–Trinajstić information content (AvgIpc) is 3.17. The van der Waals surface area contributed by atoms with Gasteiger partial charge in [-0.25, -0.2) is 4.98 Å². The van der Waals surface area contributed by atoms with Crippen molar-refractivity contribution in [3.05, 3.63) is 47.2 Å². The van der Waals surface area contributed by atoms with Gasteiger partial charge in [0.1, 0.15) is 5.60 Å². The van der Waals surface area contributed by atoms with Crippen LogP contribution in [0.5, 0.6) is 11.9 Å². The number of alkyl halides is 3. The molecule has 1 aromatic heterocycles. The average molecular weight is 437 g/mol. The molecule has 4 rings (SSSR count). The van der Waals surface area contributed by atoms with Crippen molar-refractivity contribution in [3.8, 4) is 11.9 Å². The van der Waals surface area contributed by atoms with Crippen LogP contribution in [0.3, 0.4) is 0 Å². The van der Waals surface area contributed by atoms with Crippen molar-refractivity contribution in [2.45, 2.75) is 37.6 Å². The van der Waals surface area contributed by atoms with Crippen LogP contribution in [0.2, 0.25) is 0 Å². The van der Waals surface area contributed by atoms with E-state index < -0.39 is 17.3 Å². The Morgan fingerprint density at radius 3 is 2.55 bits per heavy atom. The highest BCUT2D eigenvalue weighted by molar-refractivity contribution is 5.33. The van der Waals surface area contributed by atoms with E-state index in [0.29, 0.717) is 31.0 Å². The van der Waals surface area contributed by atoms with Gasteiger partial charge >= 0.3 is 12.2 Å². The molecule has 6 nitrogen and oxygen atoms in total. The van der Waals surface area contributed by atoms with Crippen molar-refractivity contribution in [1.29, 1.82) is 0 Å². The number of likely N-dealkylation sites (tertiary alicyclic amines) is 1. The van der Waals surface area contributed by atoms with E-state index >= 15 is 0 Å². The third-order valence-corrected chi connectivity index (χ3v) is 6.52. The van der Waals surface area contributed by atoms with E-state index in [1.165, 1.54) is 26.4 Å². The van der Waals surface area contributed by atoms with Crippen molar-refractivity contribution < 1.29 is 27.8 Å². The Morgan fingerprint density at radius 2 is 1.90 bits per heavy atom. The van der Waals surface area contributed by atoms with Gasteiger partial charge < -0.3 is 14.6 Å². The lowest BCUT2D eigenvalue weighted by molar-refractivity contribution is -0.137. The predicted molar refractivity (Wildman–Crippen MR) is 107 cm³/mol. The fraction of sp³-hybridized carbons (Fsp3) is 0.545. The molecule has 9 heteroatoms. The summed E-state index contributed by atoms with van der Waals surface area (Å²) < 4.78 is 48.9. The number of hydrogen-bond acceptors (Lipinski definition) is 6. The van der Waals surface area contributed by atoms with Gasteiger partial charge in [-0.1, -0.05) is 12.1 Å². The van der Waals surface area contributed by atoms with Crippen LogP contribution in [-0.4, -0.2) is 47.3 Å². The highest BCUT2D eigenvalue weighted by Gasteiger charge is 2.51. The number of hydrogen-bond donors (Lipinski definition) is 1. The molecule has 1 aliphatic carbocycles. The zero-order chi connectivity index (χ0) is 22.2. The first kappa shape index (κ1) is 21.8. The lowest BCUT2D eigenvalue weighted by atomic mass is 9.68. The summed E-state index contributed by atoms with van der Waals surface area (Å²) >= 11 is 0. The lowest BCUT2D eigenvalue weighted by Gasteiger charge is -2.41. The fourth-order valence-corrected chi connectivity index (χ4v) is 5.04. The van der Waals surface area contributed by atoms with Gasteiger partial charge in [0, 0.05) is 31.7 Å². The van der Waals surface area contributed by atoms with Crippen molar-refractivity contribution in [2.75, 3.05) is 27.3 Å². The van der Waals surface area contributed by atoms with Crippen LogP contribution in [0.25, 0.3) is 0 Å². The molecule has 168 valence electrons. The first-order valence-electron chi connectivity index (χ1n) is 10.3. The van der Waals surface area contributed by atoms with E-state index in [1.54, 1.807) is 6.20 Å². The number of halogens is 3. The number of nitrogens with zero attached hydrogens (tertiary/aromatic N) is 3. The summed E-state index contributed by atoms with van der Waals surface area (Å²) in [7, 11) is 2.97. The molecule has 2 heterocycles. The Kier molecular flexibility index (Phi) is 5.83. The second kappa shape index (κ2) is 8.27. The molecular formula is C22H26F3N3O3. The molecule has 2 aromatic rings. The van der Waals surface area contributed by atoms with E-state index in [4.69, 9.17) is 9.47 Å². The third kappa shape index (κ3) is 4.21. The molecule has 1 saturated heterocycles. The second-order valence-electron chi connectivity index (χ2n) is 8.35. The minimum absolute atomic E-state index is 0.0402. The monoisotopic (exact) mass is 437 g/mol. The molecule has 2 aliphatic rings. The molecule has 1 saturated carbocycles. The van der Waals surface area contributed by atoms with Crippen LogP contribution in [0, 0.1) is 11.8 Å². The van der Waals surface area contributed by atoms with Crippen LogP contribution >= 0.6 is 0 Å². The Morgan fingerprint density at radius 1 is 1.16 bits per heavy atom. The van der Waals surface area contributed by atoms with Gasteiger partial charge in [-0.05, 0) is 42.9 Å². The standard InChI is InChI=1S/C22H26F3N3O3/c1-30-19-17(10-26-20(27-19)31-2)21(29)9-3-4-15-12-28(13-18(15)21)11-14-5-7-16(8-6-14)22(23,24)25/h5-8,10,15,18,29H,3-4,9,11-13H2,1-2H3/t15-,18-,21-/m1/s1. The van der Waals surface area contributed by atoms with Crippen molar-refractivity contribution >= 4 is 0 Å². The van der Waals surface area contributed by atoms with Gasteiger partial charge in [0.05, 0.1) is 25.3 Å². The highest BCUT2D eigenvalue weighted by atomic mass is 19.4. The van der Waals surface area contributed by atoms with Crippen LogP contribution < -0.4 is 9.47 Å². The summed E-state index contributed by atoms with van der Waals surface area (Å²) in [6.07, 6.45) is -0.326. The summed E-state index contributed by atoms with van der Waals surface area (Å²) in [6.45, 7) is 1.96. The first-order valence-corrected chi connectivity index (χ1v) is 10.3. The topological polar surface area (TPSA) is 67.7 Å².